The van der Waals surface area contributed by atoms with E-state index >= 15 is 0 Å². The number of methoxy groups -OCH3 is 1. The van der Waals surface area contributed by atoms with Crippen molar-refractivity contribution in [2.24, 2.45) is 5.92 Å². The van der Waals surface area contributed by atoms with Crippen LogP contribution < -0.4 is 0 Å². The van der Waals surface area contributed by atoms with E-state index in [1.165, 1.54) is 18.1 Å². The van der Waals surface area contributed by atoms with Gasteiger partial charge in [-0.05, 0) is 29.2 Å². The molecule has 1 aliphatic heterocycles. The van der Waals surface area contributed by atoms with Crippen LogP contribution in [0.3, 0.4) is 0 Å². The molecule has 1 unspecified atom stereocenters. The van der Waals surface area contributed by atoms with E-state index in [1.807, 2.05) is 24.4 Å². The number of benzene rings is 1. The first kappa shape index (κ1) is 13.0. The SMILES string of the molecule is COC(=O)[C@@H]1C=C2c3cccc4[nH]cc(c34)CC2N(C#N)C1. The molecule has 0 bridgehead atoms. The van der Waals surface area contributed by atoms with Crippen LogP contribution in [0.5, 0.6) is 0 Å². The lowest BCUT2D eigenvalue weighted by Gasteiger charge is -2.38. The van der Waals surface area contributed by atoms with Crippen molar-refractivity contribution in [3.8, 4) is 6.19 Å². The van der Waals surface area contributed by atoms with Crippen molar-refractivity contribution < 1.29 is 9.53 Å². The van der Waals surface area contributed by atoms with Crippen LogP contribution in [-0.2, 0) is 16.0 Å². The Morgan fingerprint density at radius 1 is 1.50 bits per heavy atom. The zero-order chi connectivity index (χ0) is 15.3. The van der Waals surface area contributed by atoms with Crippen molar-refractivity contribution in [1.82, 2.24) is 9.88 Å². The van der Waals surface area contributed by atoms with Crippen molar-refractivity contribution in [2.75, 3.05) is 13.7 Å². The summed E-state index contributed by atoms with van der Waals surface area (Å²) in [6, 6.07) is 6.11. The summed E-state index contributed by atoms with van der Waals surface area (Å²) in [4.78, 5) is 16.9. The van der Waals surface area contributed by atoms with Crippen LogP contribution in [0, 0.1) is 17.4 Å². The highest BCUT2D eigenvalue weighted by Crippen LogP contribution is 2.41. The highest BCUT2D eigenvalue weighted by atomic mass is 16.5. The van der Waals surface area contributed by atoms with Gasteiger partial charge in [0.05, 0.1) is 19.1 Å². The van der Waals surface area contributed by atoms with E-state index in [4.69, 9.17) is 4.74 Å². The molecule has 110 valence electrons. The number of nitrogens with one attached hydrogen (secondary N) is 1. The van der Waals surface area contributed by atoms with Crippen LogP contribution >= 0.6 is 0 Å². The number of rotatable bonds is 1. The Hall–Kier alpha value is -2.74. The molecular weight excluding hydrogens is 278 g/mol. The lowest BCUT2D eigenvalue weighted by atomic mass is 9.80. The minimum absolute atomic E-state index is 0.000180. The number of carbonyl (C=O) groups excluding carboxylic acids is 1. The van der Waals surface area contributed by atoms with Gasteiger partial charge in [0, 0.05) is 23.6 Å². The van der Waals surface area contributed by atoms with Gasteiger partial charge in [-0.15, -0.1) is 0 Å². The van der Waals surface area contributed by atoms with Crippen molar-refractivity contribution in [2.45, 2.75) is 12.5 Å². The lowest BCUT2D eigenvalue weighted by molar-refractivity contribution is -0.144. The fourth-order valence-corrected chi connectivity index (χ4v) is 3.65. The number of nitriles is 1. The molecular formula is C17H15N3O2. The molecule has 1 aromatic carbocycles. The molecule has 4 rings (SSSR count). The van der Waals surface area contributed by atoms with Crippen molar-refractivity contribution in [1.29, 1.82) is 5.26 Å². The summed E-state index contributed by atoms with van der Waals surface area (Å²) in [5.41, 5.74) is 4.49. The van der Waals surface area contributed by atoms with Gasteiger partial charge in [-0.1, -0.05) is 18.2 Å². The molecule has 2 aromatic rings. The minimum Gasteiger partial charge on any atom is -0.469 e. The molecule has 0 fully saturated rings. The Morgan fingerprint density at radius 3 is 3.14 bits per heavy atom. The van der Waals surface area contributed by atoms with Gasteiger partial charge < -0.3 is 14.6 Å². The van der Waals surface area contributed by atoms with Gasteiger partial charge in [-0.3, -0.25) is 4.79 Å². The Morgan fingerprint density at radius 2 is 2.36 bits per heavy atom. The van der Waals surface area contributed by atoms with Crippen molar-refractivity contribution >= 4 is 22.4 Å². The summed E-state index contributed by atoms with van der Waals surface area (Å²) in [7, 11) is 1.38. The van der Waals surface area contributed by atoms with Gasteiger partial charge in [0.1, 0.15) is 0 Å². The van der Waals surface area contributed by atoms with E-state index in [-0.39, 0.29) is 12.0 Å². The Kier molecular flexibility index (Phi) is 2.73. The third-order valence-corrected chi connectivity index (χ3v) is 4.65. The maximum Gasteiger partial charge on any atom is 0.314 e. The fourth-order valence-electron chi connectivity index (χ4n) is 3.65. The fraction of sp³-hybridized carbons (Fsp3) is 0.294. The molecule has 1 aromatic heterocycles. The van der Waals surface area contributed by atoms with Gasteiger partial charge in [-0.25, -0.2) is 0 Å². The second-order valence-electron chi connectivity index (χ2n) is 5.77. The average molecular weight is 293 g/mol. The molecule has 1 N–H and O–H groups in total. The number of hydrogen-bond donors (Lipinski definition) is 1. The molecule has 1 aliphatic carbocycles. The third-order valence-electron chi connectivity index (χ3n) is 4.65. The maximum atomic E-state index is 11.9. The number of ether oxygens (including phenoxy) is 1. The third kappa shape index (κ3) is 1.67. The standard InChI is InChI=1S/C17H15N3O2/c1-22-17(21)11-5-13-12-3-2-4-14-16(12)10(7-19-14)6-15(13)20(8-11)9-18/h2-5,7,11,15,19H,6,8H2,1H3/t11-,15?/m1/s1. The minimum atomic E-state index is -0.397. The van der Waals surface area contributed by atoms with Crippen molar-refractivity contribution in [3.63, 3.8) is 0 Å². The van der Waals surface area contributed by atoms with Crippen LogP contribution in [0.2, 0.25) is 0 Å². The van der Waals surface area contributed by atoms with Gasteiger partial charge in [0.25, 0.3) is 0 Å². The molecule has 5 nitrogen and oxygen atoms in total. The first-order valence-electron chi connectivity index (χ1n) is 7.28. The highest BCUT2D eigenvalue weighted by molar-refractivity contribution is 5.99. The number of hydrogen-bond acceptors (Lipinski definition) is 4. The number of fused-ring (bicyclic) bond motifs is 2. The van der Waals surface area contributed by atoms with E-state index < -0.39 is 5.92 Å². The van der Waals surface area contributed by atoms with Gasteiger partial charge in [0.15, 0.2) is 6.19 Å². The molecule has 0 saturated heterocycles. The Labute approximate surface area is 127 Å². The predicted octanol–water partition coefficient (Wildman–Crippen LogP) is 2.06. The van der Waals surface area contributed by atoms with E-state index in [1.54, 1.807) is 4.90 Å². The average Bonchev–Trinajstić information content (AvgIpc) is 2.98. The maximum absolute atomic E-state index is 11.9. The topological polar surface area (TPSA) is 69.1 Å². The lowest BCUT2D eigenvalue weighted by Crippen LogP contribution is -2.44. The summed E-state index contributed by atoms with van der Waals surface area (Å²) in [6.07, 6.45) is 7.03. The molecule has 0 amide bonds. The van der Waals surface area contributed by atoms with Crippen molar-refractivity contribution in [3.05, 3.63) is 41.6 Å². The number of nitrogens with zero attached hydrogens (tertiary/aromatic N) is 2. The summed E-state index contributed by atoms with van der Waals surface area (Å²) < 4.78 is 4.86. The molecule has 0 saturated carbocycles. The van der Waals surface area contributed by atoms with E-state index in [9.17, 15) is 10.1 Å². The smallest absolute Gasteiger partial charge is 0.314 e. The molecule has 2 aliphatic rings. The monoisotopic (exact) mass is 293 g/mol. The first-order valence-corrected chi connectivity index (χ1v) is 7.28. The second-order valence-corrected chi connectivity index (χ2v) is 5.77. The number of carbonyl (C=O) groups is 1. The first-order chi connectivity index (χ1) is 10.7. The number of esters is 1. The predicted molar refractivity (Wildman–Crippen MR) is 81.6 cm³/mol. The number of aromatic nitrogens is 1. The van der Waals surface area contributed by atoms with Gasteiger partial charge in [-0.2, -0.15) is 5.26 Å². The molecule has 22 heavy (non-hydrogen) atoms. The largest absolute Gasteiger partial charge is 0.469 e. The normalized spacial score (nSPS) is 22.7. The quantitative estimate of drug-likeness (QED) is 0.645. The second kappa shape index (κ2) is 4.63. The van der Waals surface area contributed by atoms with E-state index in [0.29, 0.717) is 6.54 Å². The van der Waals surface area contributed by atoms with Crippen LogP contribution in [0.25, 0.3) is 16.5 Å². The molecule has 0 spiro atoms. The van der Waals surface area contributed by atoms with E-state index in [0.717, 1.165) is 23.1 Å². The number of H-pyrrole nitrogens is 1. The molecule has 2 atom stereocenters. The van der Waals surface area contributed by atoms with E-state index in [2.05, 4.69) is 17.2 Å². The summed E-state index contributed by atoms with van der Waals surface area (Å²) in [6.45, 7) is 0.382. The summed E-state index contributed by atoms with van der Waals surface area (Å²) >= 11 is 0. The van der Waals surface area contributed by atoms with Gasteiger partial charge >= 0.3 is 5.97 Å². The Bertz CT molecular complexity index is 843. The summed E-state index contributed by atoms with van der Waals surface area (Å²) in [5.74, 6) is -0.690. The highest BCUT2D eigenvalue weighted by Gasteiger charge is 2.37. The van der Waals surface area contributed by atoms with Crippen LogP contribution in [-0.4, -0.2) is 35.5 Å². The molecule has 2 heterocycles. The number of aromatic amines is 1. The molecule has 5 heteroatoms. The van der Waals surface area contributed by atoms with Crippen LogP contribution in [0.15, 0.2) is 30.5 Å². The Balaban J connectivity index is 1.92. The summed E-state index contributed by atoms with van der Waals surface area (Å²) in [5, 5.41) is 10.7. The molecule has 0 radical (unpaired) electrons. The van der Waals surface area contributed by atoms with Crippen LogP contribution in [0.4, 0.5) is 0 Å². The van der Waals surface area contributed by atoms with Gasteiger partial charge in [0.2, 0.25) is 0 Å². The zero-order valence-electron chi connectivity index (χ0n) is 12.2. The van der Waals surface area contributed by atoms with Crippen LogP contribution in [0.1, 0.15) is 11.1 Å². The zero-order valence-corrected chi connectivity index (χ0v) is 12.2.